The Balaban J connectivity index is 0.00000312. The maximum absolute atomic E-state index is 12.9. The van der Waals surface area contributed by atoms with Gasteiger partial charge >= 0.3 is 6.18 Å². The maximum Gasteiger partial charge on any atom is 0.417 e. The van der Waals surface area contributed by atoms with Crippen LogP contribution in [0, 0.1) is 0 Å². The van der Waals surface area contributed by atoms with Gasteiger partial charge in [0.05, 0.1) is 5.56 Å². The summed E-state index contributed by atoms with van der Waals surface area (Å²) < 4.78 is 38.8. The van der Waals surface area contributed by atoms with Gasteiger partial charge in [0, 0.05) is 12.1 Å². The van der Waals surface area contributed by atoms with E-state index in [-0.39, 0.29) is 24.6 Å². The molecule has 1 heterocycles. The normalized spacial score (nSPS) is 17.7. The molecule has 142 valence electrons. The average molecular weight is 401 g/mol. The minimum absolute atomic E-state index is 0. The van der Waals surface area contributed by atoms with E-state index >= 15 is 0 Å². The first kappa shape index (κ1) is 22.0. The molecule has 1 aliphatic heterocycles. The largest absolute Gasteiger partial charge is 0.417 e. The smallest absolute Gasteiger partial charge is 0.392 e. The molecule has 0 spiro atoms. The summed E-state index contributed by atoms with van der Waals surface area (Å²) in [5, 5.41) is 13.0. The number of hydrogen-bond donors (Lipinski definition) is 1. The molecule has 1 atom stereocenters. The number of β-amino-alcohol motifs (C(OH)–C–C–N with tert-alkyl or cyclic N) is 1. The van der Waals surface area contributed by atoms with E-state index in [1.54, 1.807) is 0 Å². The number of rotatable bonds is 6. The van der Waals surface area contributed by atoms with Crippen molar-refractivity contribution in [2.75, 3.05) is 26.2 Å². The Morgan fingerprint density at radius 1 is 1.24 bits per heavy atom. The number of alkyl halides is 3. The van der Waals surface area contributed by atoms with Gasteiger partial charge in [-0.05, 0) is 32.0 Å². The molecule has 4 nitrogen and oxygen atoms in total. The van der Waals surface area contributed by atoms with Gasteiger partial charge in [0.15, 0.2) is 5.17 Å². The lowest BCUT2D eigenvalue weighted by molar-refractivity contribution is -0.137. The first-order valence-electron chi connectivity index (χ1n) is 7.80. The van der Waals surface area contributed by atoms with E-state index in [1.807, 2.05) is 0 Å². The molecule has 1 aromatic rings. The van der Waals surface area contributed by atoms with Crippen LogP contribution in [0.4, 0.5) is 13.2 Å². The van der Waals surface area contributed by atoms with Gasteiger partial charge in [-0.15, -0.1) is 12.4 Å². The molecule has 1 N–H and O–H groups in total. The number of piperidine rings is 1. The van der Waals surface area contributed by atoms with Gasteiger partial charge in [-0.3, -0.25) is 0 Å². The molecule has 0 saturated carbocycles. The lowest BCUT2D eigenvalue weighted by Crippen LogP contribution is -2.38. The van der Waals surface area contributed by atoms with Gasteiger partial charge in [0.25, 0.3) is 0 Å². The first-order chi connectivity index (χ1) is 11.4. The molecule has 1 aliphatic rings. The fraction of sp³-hybridized carbons (Fsp3) is 0.562. The Kier molecular flexibility index (Phi) is 8.99. The summed E-state index contributed by atoms with van der Waals surface area (Å²) in [6.07, 6.45) is -1.90. The molecule has 0 aromatic heterocycles. The van der Waals surface area contributed by atoms with Crippen molar-refractivity contribution in [2.45, 2.75) is 31.5 Å². The Morgan fingerprint density at radius 2 is 1.88 bits per heavy atom. The summed E-state index contributed by atoms with van der Waals surface area (Å²) in [7, 11) is 0. The highest BCUT2D eigenvalue weighted by molar-refractivity contribution is 6.69. The molecule has 1 fully saturated rings. The van der Waals surface area contributed by atoms with Crippen LogP contribution in [0.3, 0.4) is 0 Å². The first-order valence-corrected chi connectivity index (χ1v) is 8.18. The molecule has 1 aromatic carbocycles. The van der Waals surface area contributed by atoms with Crippen molar-refractivity contribution in [3.05, 3.63) is 35.4 Å². The lowest BCUT2D eigenvalue weighted by Gasteiger charge is -2.27. The second kappa shape index (κ2) is 10.2. The van der Waals surface area contributed by atoms with Crippen molar-refractivity contribution in [3.63, 3.8) is 0 Å². The van der Waals surface area contributed by atoms with Crippen LogP contribution in [0.1, 0.15) is 30.4 Å². The summed E-state index contributed by atoms with van der Waals surface area (Å²) in [6.45, 7) is 2.19. The standard InChI is InChI=1S/C16H20ClF3N2O2.ClH/c17-15(13-6-2-3-7-14(13)16(18,19)20)21-24-11-12(23)10-22-8-4-1-5-9-22;/h2-3,6-7,12,23H,1,4-5,8-11H2;1H. The SMILES string of the molecule is Cl.OC(CON=C(Cl)c1ccccc1C(F)(F)F)CN1CCCCC1. The third-order valence-corrected chi connectivity index (χ3v) is 4.06. The molecule has 0 radical (unpaired) electrons. The molecule has 25 heavy (non-hydrogen) atoms. The Labute approximate surface area is 156 Å². The topological polar surface area (TPSA) is 45.1 Å². The van der Waals surface area contributed by atoms with Crippen LogP contribution in [-0.4, -0.2) is 47.5 Å². The Morgan fingerprint density at radius 3 is 2.52 bits per heavy atom. The molecule has 0 bridgehead atoms. The summed E-state index contributed by atoms with van der Waals surface area (Å²) in [4.78, 5) is 7.06. The number of halogens is 5. The summed E-state index contributed by atoms with van der Waals surface area (Å²) >= 11 is 5.83. The maximum atomic E-state index is 12.9. The van der Waals surface area contributed by atoms with Crippen molar-refractivity contribution < 1.29 is 23.1 Å². The zero-order valence-corrected chi connectivity index (χ0v) is 15.1. The van der Waals surface area contributed by atoms with E-state index in [2.05, 4.69) is 10.1 Å². The number of benzene rings is 1. The molecule has 1 unspecified atom stereocenters. The number of aliphatic hydroxyl groups is 1. The third kappa shape index (κ3) is 7.01. The average Bonchev–Trinajstić information content (AvgIpc) is 2.55. The Bertz CT molecular complexity index is 565. The quantitative estimate of drug-likeness (QED) is 0.581. The van der Waals surface area contributed by atoms with Crippen LogP contribution in [0.2, 0.25) is 0 Å². The molecular formula is C16H21Cl2F3N2O2. The highest BCUT2D eigenvalue weighted by Gasteiger charge is 2.34. The van der Waals surface area contributed by atoms with Gasteiger partial charge < -0.3 is 14.8 Å². The van der Waals surface area contributed by atoms with Crippen LogP contribution in [-0.2, 0) is 11.0 Å². The van der Waals surface area contributed by atoms with Crippen LogP contribution in [0.25, 0.3) is 0 Å². The van der Waals surface area contributed by atoms with Crippen molar-refractivity contribution in [1.29, 1.82) is 0 Å². The highest BCUT2D eigenvalue weighted by atomic mass is 35.5. The fourth-order valence-electron chi connectivity index (χ4n) is 2.63. The van der Waals surface area contributed by atoms with Crippen LogP contribution in [0.15, 0.2) is 29.4 Å². The monoisotopic (exact) mass is 400 g/mol. The van der Waals surface area contributed by atoms with E-state index in [1.165, 1.54) is 24.6 Å². The number of likely N-dealkylation sites (tertiary alicyclic amines) is 1. The second-order valence-corrected chi connectivity index (χ2v) is 6.09. The summed E-state index contributed by atoms with van der Waals surface area (Å²) in [5.41, 5.74) is -1.13. The zero-order valence-electron chi connectivity index (χ0n) is 13.5. The van der Waals surface area contributed by atoms with E-state index in [4.69, 9.17) is 16.4 Å². The number of aliphatic hydroxyl groups excluding tert-OH is 1. The summed E-state index contributed by atoms with van der Waals surface area (Å²) in [5.74, 6) is 0. The molecular weight excluding hydrogens is 380 g/mol. The van der Waals surface area contributed by atoms with Gasteiger partial charge in [0.2, 0.25) is 0 Å². The van der Waals surface area contributed by atoms with Gasteiger partial charge in [-0.1, -0.05) is 41.4 Å². The highest BCUT2D eigenvalue weighted by Crippen LogP contribution is 2.32. The molecule has 0 amide bonds. The molecule has 1 saturated heterocycles. The zero-order chi connectivity index (χ0) is 17.6. The van der Waals surface area contributed by atoms with Gasteiger partial charge in [-0.2, -0.15) is 13.2 Å². The molecule has 2 rings (SSSR count). The van der Waals surface area contributed by atoms with Crippen molar-refractivity contribution in [2.24, 2.45) is 5.16 Å². The van der Waals surface area contributed by atoms with Crippen molar-refractivity contribution in [3.8, 4) is 0 Å². The van der Waals surface area contributed by atoms with E-state index in [0.29, 0.717) is 6.54 Å². The summed E-state index contributed by atoms with van der Waals surface area (Å²) in [6, 6.07) is 4.87. The number of nitrogens with zero attached hydrogens (tertiary/aromatic N) is 2. The van der Waals surface area contributed by atoms with Crippen LogP contribution in [0.5, 0.6) is 0 Å². The predicted octanol–water partition coefficient (Wildman–Crippen LogP) is 3.89. The molecule has 0 aliphatic carbocycles. The van der Waals surface area contributed by atoms with Gasteiger partial charge in [0.1, 0.15) is 12.7 Å². The second-order valence-electron chi connectivity index (χ2n) is 5.74. The van der Waals surface area contributed by atoms with E-state index in [0.717, 1.165) is 32.0 Å². The van der Waals surface area contributed by atoms with E-state index < -0.39 is 23.0 Å². The lowest BCUT2D eigenvalue weighted by atomic mass is 10.1. The Hall–Kier alpha value is -1.02. The minimum Gasteiger partial charge on any atom is -0.392 e. The van der Waals surface area contributed by atoms with Gasteiger partial charge in [-0.25, -0.2) is 0 Å². The molecule has 9 heteroatoms. The predicted molar refractivity (Wildman–Crippen MR) is 93.3 cm³/mol. The minimum atomic E-state index is -4.53. The van der Waals surface area contributed by atoms with Crippen molar-refractivity contribution >= 4 is 29.2 Å². The van der Waals surface area contributed by atoms with Crippen molar-refractivity contribution in [1.82, 2.24) is 4.90 Å². The van der Waals surface area contributed by atoms with Crippen LogP contribution >= 0.6 is 24.0 Å². The third-order valence-electron chi connectivity index (χ3n) is 3.78. The van der Waals surface area contributed by atoms with E-state index in [9.17, 15) is 18.3 Å². The number of oxime groups is 1. The fourth-order valence-corrected chi connectivity index (χ4v) is 2.85. The van der Waals surface area contributed by atoms with Crippen LogP contribution < -0.4 is 0 Å². The number of hydrogen-bond acceptors (Lipinski definition) is 4.